The maximum Gasteiger partial charge on any atom is 0.349 e. The minimum absolute atomic E-state index is 0.0352. The number of carbonyl (C=O) groups excluding carboxylic acids is 1. The minimum atomic E-state index is -0.679. The van der Waals surface area contributed by atoms with Crippen LogP contribution in [-0.2, 0) is 0 Å². The third kappa shape index (κ3) is 4.27. The number of ether oxygens (including phenoxy) is 2. The lowest BCUT2D eigenvalue weighted by molar-refractivity contribution is 0.0982. The third-order valence-electron chi connectivity index (χ3n) is 6.00. The smallest absolute Gasteiger partial charge is 0.349 e. The first-order valence-electron chi connectivity index (χ1n) is 11.3. The van der Waals surface area contributed by atoms with Gasteiger partial charge in [-0.3, -0.25) is 9.69 Å². The van der Waals surface area contributed by atoms with Crippen LogP contribution >= 0.6 is 11.3 Å². The van der Waals surface area contributed by atoms with Gasteiger partial charge in [0.25, 0.3) is 5.91 Å². The summed E-state index contributed by atoms with van der Waals surface area (Å²) in [5.41, 5.74) is 0.398. The SMILES string of the molecule is COc1cc2nc(N(CCN(C)C)C(=O)c3cc4c(ccc5ccccc54)oc3=O)sc2cc1OC. The number of fused-ring (bicyclic) bond motifs is 4. The molecule has 0 N–H and O–H groups in total. The Labute approximate surface area is 211 Å². The molecular formula is C27H25N3O5S. The van der Waals surface area contributed by atoms with Gasteiger partial charge in [-0.05, 0) is 37.0 Å². The van der Waals surface area contributed by atoms with Gasteiger partial charge < -0.3 is 18.8 Å². The maximum atomic E-state index is 13.8. The number of hydrogen-bond donors (Lipinski definition) is 0. The monoisotopic (exact) mass is 503 g/mol. The molecule has 0 aliphatic rings. The van der Waals surface area contributed by atoms with E-state index in [-0.39, 0.29) is 5.56 Å². The number of nitrogens with zero attached hydrogens (tertiary/aromatic N) is 3. The standard InChI is InChI=1S/C27H25N3O5S/c1-29(2)11-12-30(27-28-20-14-22(33-3)23(34-4)15-24(20)36-27)25(31)19-13-18-17-8-6-5-7-16(17)9-10-21(18)35-26(19)32/h5-10,13-15H,11-12H2,1-4H3. The van der Waals surface area contributed by atoms with Gasteiger partial charge in [0.15, 0.2) is 16.6 Å². The number of rotatable bonds is 7. The fraction of sp³-hybridized carbons (Fsp3) is 0.222. The molecule has 184 valence electrons. The second-order valence-corrected chi connectivity index (χ2v) is 9.59. The number of hydrogen-bond acceptors (Lipinski definition) is 8. The molecule has 36 heavy (non-hydrogen) atoms. The zero-order valence-corrected chi connectivity index (χ0v) is 21.2. The number of anilines is 1. The Hall–Kier alpha value is -3.95. The summed E-state index contributed by atoms with van der Waals surface area (Å²) < 4.78 is 17.2. The van der Waals surface area contributed by atoms with Crippen LogP contribution in [0.15, 0.2) is 63.8 Å². The highest BCUT2D eigenvalue weighted by atomic mass is 32.1. The quantitative estimate of drug-likeness (QED) is 0.233. The number of aromatic nitrogens is 1. The summed E-state index contributed by atoms with van der Waals surface area (Å²) in [7, 11) is 6.98. The van der Waals surface area contributed by atoms with Crippen LogP contribution in [0.25, 0.3) is 32.0 Å². The average molecular weight is 504 g/mol. The van der Waals surface area contributed by atoms with Crippen molar-refractivity contribution in [1.29, 1.82) is 0 Å². The lowest BCUT2D eigenvalue weighted by Crippen LogP contribution is -2.38. The molecule has 2 heterocycles. The Bertz CT molecular complexity index is 1620. The van der Waals surface area contributed by atoms with Crippen molar-refractivity contribution >= 4 is 54.3 Å². The molecule has 0 bridgehead atoms. The summed E-state index contributed by atoms with van der Waals surface area (Å²) in [6, 6.07) is 16.7. The molecule has 2 aromatic heterocycles. The number of likely N-dealkylation sites (N-methyl/N-ethyl adjacent to an activating group) is 1. The Morgan fingerprint density at radius 2 is 1.72 bits per heavy atom. The minimum Gasteiger partial charge on any atom is -0.493 e. The highest BCUT2D eigenvalue weighted by Crippen LogP contribution is 2.37. The van der Waals surface area contributed by atoms with Crippen LogP contribution in [0.3, 0.4) is 0 Å². The number of carbonyl (C=O) groups is 1. The van der Waals surface area contributed by atoms with Gasteiger partial charge >= 0.3 is 5.63 Å². The van der Waals surface area contributed by atoms with Crippen LogP contribution in [0.2, 0.25) is 0 Å². The number of benzene rings is 3. The van der Waals surface area contributed by atoms with Crippen molar-refractivity contribution in [2.75, 3.05) is 46.3 Å². The van der Waals surface area contributed by atoms with E-state index in [9.17, 15) is 9.59 Å². The summed E-state index contributed by atoms with van der Waals surface area (Å²) >= 11 is 1.35. The van der Waals surface area contributed by atoms with Crippen molar-refractivity contribution in [3.8, 4) is 11.5 Å². The second-order valence-electron chi connectivity index (χ2n) is 8.58. The summed E-state index contributed by atoms with van der Waals surface area (Å²) in [5, 5.41) is 3.09. The van der Waals surface area contributed by atoms with E-state index in [2.05, 4.69) is 0 Å². The van der Waals surface area contributed by atoms with Gasteiger partial charge in [0.05, 0.1) is 24.4 Å². The Balaban J connectivity index is 1.63. The van der Waals surface area contributed by atoms with Gasteiger partial charge in [-0.1, -0.05) is 41.7 Å². The summed E-state index contributed by atoms with van der Waals surface area (Å²) in [6.07, 6.45) is 0. The number of thiazole rings is 1. The average Bonchev–Trinajstić information content (AvgIpc) is 3.29. The Kier molecular flexibility index (Phi) is 6.34. The van der Waals surface area contributed by atoms with Crippen LogP contribution < -0.4 is 20.0 Å². The van der Waals surface area contributed by atoms with Crippen molar-refractivity contribution in [2.45, 2.75) is 0 Å². The zero-order valence-electron chi connectivity index (χ0n) is 20.4. The molecule has 0 saturated heterocycles. The molecule has 0 fully saturated rings. The van der Waals surface area contributed by atoms with Gasteiger partial charge in [-0.15, -0.1) is 0 Å². The summed E-state index contributed by atoms with van der Waals surface area (Å²) in [6.45, 7) is 0.920. The van der Waals surface area contributed by atoms with Crippen molar-refractivity contribution in [1.82, 2.24) is 9.88 Å². The predicted octanol–water partition coefficient (Wildman–Crippen LogP) is 4.78. The number of amides is 1. The van der Waals surface area contributed by atoms with Gasteiger partial charge in [0.1, 0.15) is 11.1 Å². The molecule has 0 unspecified atom stereocenters. The van der Waals surface area contributed by atoms with E-state index in [1.165, 1.54) is 16.2 Å². The highest BCUT2D eigenvalue weighted by molar-refractivity contribution is 7.22. The molecule has 9 heteroatoms. The van der Waals surface area contributed by atoms with Gasteiger partial charge in [-0.2, -0.15) is 0 Å². The van der Waals surface area contributed by atoms with Gasteiger partial charge in [0, 0.05) is 30.6 Å². The lowest BCUT2D eigenvalue weighted by Gasteiger charge is -2.21. The van der Waals surface area contributed by atoms with Gasteiger partial charge in [0.2, 0.25) is 0 Å². The van der Waals surface area contributed by atoms with E-state index in [0.717, 1.165) is 15.5 Å². The van der Waals surface area contributed by atoms with E-state index in [4.69, 9.17) is 18.9 Å². The summed E-state index contributed by atoms with van der Waals surface area (Å²) in [4.78, 5) is 35.0. The molecule has 0 saturated carbocycles. The first kappa shape index (κ1) is 23.8. The normalized spacial score (nSPS) is 11.5. The molecule has 1 amide bonds. The van der Waals surface area contributed by atoms with Crippen molar-refractivity contribution in [2.24, 2.45) is 0 Å². The molecule has 0 aliphatic carbocycles. The van der Waals surface area contributed by atoms with Crippen LogP contribution in [0.1, 0.15) is 10.4 Å². The predicted molar refractivity (Wildman–Crippen MR) is 143 cm³/mol. The zero-order chi connectivity index (χ0) is 25.4. The molecule has 5 aromatic rings. The van der Waals surface area contributed by atoms with E-state index in [0.29, 0.717) is 46.2 Å². The molecule has 0 atom stereocenters. The molecule has 3 aromatic carbocycles. The van der Waals surface area contributed by atoms with E-state index in [1.54, 1.807) is 32.4 Å². The van der Waals surface area contributed by atoms with E-state index in [1.807, 2.05) is 55.4 Å². The first-order chi connectivity index (χ1) is 17.4. The van der Waals surface area contributed by atoms with Crippen molar-refractivity contribution in [3.63, 3.8) is 0 Å². The fourth-order valence-electron chi connectivity index (χ4n) is 4.11. The van der Waals surface area contributed by atoms with Crippen molar-refractivity contribution in [3.05, 3.63) is 70.6 Å². The third-order valence-corrected chi connectivity index (χ3v) is 7.04. The number of methoxy groups -OCH3 is 2. The van der Waals surface area contributed by atoms with Crippen LogP contribution in [-0.4, -0.2) is 57.2 Å². The van der Waals surface area contributed by atoms with E-state index >= 15 is 0 Å². The largest absolute Gasteiger partial charge is 0.493 e. The van der Waals surface area contributed by atoms with Crippen LogP contribution in [0.4, 0.5) is 5.13 Å². The molecule has 0 spiro atoms. The Morgan fingerprint density at radius 1 is 0.972 bits per heavy atom. The Morgan fingerprint density at radius 3 is 2.47 bits per heavy atom. The highest BCUT2D eigenvalue weighted by Gasteiger charge is 2.26. The van der Waals surface area contributed by atoms with Gasteiger partial charge in [-0.25, -0.2) is 9.78 Å². The second kappa shape index (κ2) is 9.60. The van der Waals surface area contributed by atoms with Crippen LogP contribution in [0, 0.1) is 0 Å². The fourth-order valence-corrected chi connectivity index (χ4v) is 5.11. The molecule has 8 nitrogen and oxygen atoms in total. The summed E-state index contributed by atoms with van der Waals surface area (Å²) in [5.74, 6) is 0.668. The molecule has 5 rings (SSSR count). The van der Waals surface area contributed by atoms with Crippen molar-refractivity contribution < 1.29 is 18.7 Å². The van der Waals surface area contributed by atoms with E-state index < -0.39 is 11.5 Å². The maximum absolute atomic E-state index is 13.8. The first-order valence-corrected chi connectivity index (χ1v) is 12.2. The van der Waals surface area contributed by atoms with Crippen LogP contribution in [0.5, 0.6) is 11.5 Å². The topological polar surface area (TPSA) is 85.1 Å². The molecule has 0 aliphatic heterocycles. The molecular weight excluding hydrogens is 478 g/mol. The lowest BCUT2D eigenvalue weighted by atomic mass is 10.0. The molecule has 0 radical (unpaired) electrons.